The lowest BCUT2D eigenvalue weighted by Crippen LogP contribution is -2.55. The van der Waals surface area contributed by atoms with Crippen molar-refractivity contribution < 1.29 is 14.3 Å². The van der Waals surface area contributed by atoms with Gasteiger partial charge in [-0.1, -0.05) is 10.6 Å². The maximum Gasteiger partial charge on any atom is 0.251 e. The first-order valence-electron chi connectivity index (χ1n) is 8.53. The molecule has 2 atom stereocenters. The smallest absolute Gasteiger partial charge is 0.251 e. The van der Waals surface area contributed by atoms with Crippen LogP contribution in [0.3, 0.4) is 0 Å². The van der Waals surface area contributed by atoms with Crippen molar-refractivity contribution in [3.63, 3.8) is 0 Å². The summed E-state index contributed by atoms with van der Waals surface area (Å²) < 4.78 is 9.54. The fourth-order valence-electron chi connectivity index (χ4n) is 3.20. The number of aromatic nitrogens is 3. The number of rotatable bonds is 5. The van der Waals surface area contributed by atoms with E-state index in [4.69, 9.17) is 4.74 Å². The summed E-state index contributed by atoms with van der Waals surface area (Å²) in [5, 5.41) is 6.85. The number of carbonyl (C=O) groups excluding carboxylic acids is 2. The average molecular weight is 373 g/mol. The Bertz CT molecular complexity index is 808. The van der Waals surface area contributed by atoms with Gasteiger partial charge in [0.2, 0.25) is 5.91 Å². The molecule has 4 rings (SSSR count). The highest BCUT2D eigenvalue weighted by Crippen LogP contribution is 2.39. The number of nitrogens with one attached hydrogen (secondary N) is 1. The number of amides is 2. The van der Waals surface area contributed by atoms with E-state index < -0.39 is 12.1 Å². The minimum Gasteiger partial charge on any atom is -0.356 e. The summed E-state index contributed by atoms with van der Waals surface area (Å²) >= 11 is 1.26. The van der Waals surface area contributed by atoms with Gasteiger partial charge in [-0.15, -0.1) is 5.10 Å². The fraction of sp³-hybridized carbons (Fsp3) is 0.471. The minimum absolute atomic E-state index is 0.0760. The molecule has 2 amide bonds. The van der Waals surface area contributed by atoms with Crippen LogP contribution in [0, 0.1) is 6.92 Å². The summed E-state index contributed by atoms with van der Waals surface area (Å²) in [7, 11) is 0. The van der Waals surface area contributed by atoms with Gasteiger partial charge in [-0.2, -0.15) is 0 Å². The van der Waals surface area contributed by atoms with Crippen LogP contribution in [0.4, 0.5) is 0 Å². The Balaban J connectivity index is 1.57. The molecule has 3 heterocycles. The molecule has 2 aromatic heterocycles. The van der Waals surface area contributed by atoms with Crippen LogP contribution in [0.2, 0.25) is 0 Å². The predicted octanol–water partition coefficient (Wildman–Crippen LogP) is 0.989. The Morgan fingerprint density at radius 2 is 2.31 bits per heavy atom. The molecule has 26 heavy (non-hydrogen) atoms. The summed E-state index contributed by atoms with van der Waals surface area (Å²) in [4.78, 5) is 32.2. The molecule has 9 heteroatoms. The largest absolute Gasteiger partial charge is 0.356 e. The van der Waals surface area contributed by atoms with Crippen molar-refractivity contribution in [3.8, 4) is 0 Å². The van der Waals surface area contributed by atoms with Crippen LogP contribution in [-0.2, 0) is 20.9 Å². The van der Waals surface area contributed by atoms with Crippen LogP contribution in [0.5, 0.6) is 0 Å². The molecule has 1 N–H and O–H groups in total. The van der Waals surface area contributed by atoms with Crippen molar-refractivity contribution in [3.05, 3.63) is 40.7 Å². The van der Waals surface area contributed by atoms with Crippen molar-refractivity contribution in [2.75, 3.05) is 6.61 Å². The first-order chi connectivity index (χ1) is 12.6. The highest BCUT2D eigenvalue weighted by molar-refractivity contribution is 7.05. The SMILES string of the molecule is Cc1nnsc1CNC(=O)[C@H]1OCC(=O)N(C2CC2)[C@@H]1c1cccnc1. The molecule has 2 fully saturated rings. The lowest BCUT2D eigenvalue weighted by Gasteiger charge is -2.40. The number of nitrogens with zero attached hydrogens (tertiary/aromatic N) is 4. The number of carbonyl (C=O) groups is 2. The Morgan fingerprint density at radius 1 is 1.46 bits per heavy atom. The summed E-state index contributed by atoms with van der Waals surface area (Å²) in [5.74, 6) is -0.322. The number of pyridine rings is 1. The van der Waals surface area contributed by atoms with Gasteiger partial charge in [0.25, 0.3) is 5.91 Å². The van der Waals surface area contributed by atoms with Gasteiger partial charge in [0.1, 0.15) is 6.61 Å². The fourth-order valence-corrected chi connectivity index (χ4v) is 3.77. The van der Waals surface area contributed by atoms with Crippen LogP contribution < -0.4 is 5.32 Å². The average Bonchev–Trinajstić information content (AvgIpc) is 3.41. The molecule has 0 aromatic carbocycles. The maximum atomic E-state index is 12.9. The molecule has 1 aliphatic carbocycles. The maximum absolute atomic E-state index is 12.9. The van der Waals surface area contributed by atoms with Crippen molar-refractivity contribution in [2.24, 2.45) is 0 Å². The lowest BCUT2D eigenvalue weighted by atomic mass is 9.98. The quantitative estimate of drug-likeness (QED) is 0.839. The van der Waals surface area contributed by atoms with E-state index in [1.807, 2.05) is 17.9 Å². The third-order valence-electron chi connectivity index (χ3n) is 4.65. The topological polar surface area (TPSA) is 97.3 Å². The normalized spacial score (nSPS) is 23.1. The van der Waals surface area contributed by atoms with E-state index in [0.29, 0.717) is 6.54 Å². The van der Waals surface area contributed by atoms with Gasteiger partial charge in [0.15, 0.2) is 6.10 Å². The molecule has 8 nitrogen and oxygen atoms in total. The second-order valence-electron chi connectivity index (χ2n) is 6.49. The van der Waals surface area contributed by atoms with Crippen molar-refractivity contribution >= 4 is 23.3 Å². The summed E-state index contributed by atoms with van der Waals surface area (Å²) in [6, 6.07) is 3.41. The van der Waals surface area contributed by atoms with E-state index in [9.17, 15) is 9.59 Å². The van der Waals surface area contributed by atoms with Gasteiger partial charge in [-0.05, 0) is 42.9 Å². The van der Waals surface area contributed by atoms with Crippen LogP contribution in [-0.4, -0.2) is 50.0 Å². The van der Waals surface area contributed by atoms with Crippen molar-refractivity contribution in [2.45, 2.75) is 44.5 Å². The van der Waals surface area contributed by atoms with E-state index in [2.05, 4.69) is 19.9 Å². The molecular formula is C17H19N5O3S. The molecule has 1 aliphatic heterocycles. The summed E-state index contributed by atoms with van der Waals surface area (Å²) in [6.45, 7) is 2.12. The Kier molecular flexibility index (Phi) is 4.64. The molecule has 1 saturated heterocycles. The second-order valence-corrected chi connectivity index (χ2v) is 7.33. The van der Waals surface area contributed by atoms with Gasteiger partial charge in [-0.3, -0.25) is 14.6 Å². The lowest BCUT2D eigenvalue weighted by molar-refractivity contribution is -0.165. The zero-order valence-electron chi connectivity index (χ0n) is 14.3. The molecule has 0 spiro atoms. The number of aryl methyl sites for hydroxylation is 1. The van der Waals surface area contributed by atoms with Crippen LogP contribution in [0.1, 0.15) is 35.0 Å². The van der Waals surface area contributed by atoms with Crippen LogP contribution >= 0.6 is 11.5 Å². The van der Waals surface area contributed by atoms with Gasteiger partial charge in [0, 0.05) is 18.4 Å². The van der Waals surface area contributed by atoms with Gasteiger partial charge >= 0.3 is 0 Å². The number of hydrogen-bond acceptors (Lipinski definition) is 7. The Morgan fingerprint density at radius 3 is 2.96 bits per heavy atom. The third kappa shape index (κ3) is 3.32. The van der Waals surface area contributed by atoms with Crippen LogP contribution in [0.15, 0.2) is 24.5 Å². The molecule has 136 valence electrons. The monoisotopic (exact) mass is 373 g/mol. The highest BCUT2D eigenvalue weighted by Gasteiger charge is 2.47. The molecular weight excluding hydrogens is 354 g/mol. The van der Waals surface area contributed by atoms with E-state index in [0.717, 1.165) is 29.0 Å². The van der Waals surface area contributed by atoms with Gasteiger partial charge < -0.3 is 15.0 Å². The Labute approximate surface area is 154 Å². The second kappa shape index (κ2) is 7.08. The van der Waals surface area contributed by atoms with Gasteiger partial charge in [0.05, 0.1) is 23.2 Å². The minimum atomic E-state index is -0.765. The van der Waals surface area contributed by atoms with Crippen molar-refractivity contribution in [1.29, 1.82) is 0 Å². The van der Waals surface area contributed by atoms with Crippen LogP contribution in [0.25, 0.3) is 0 Å². The zero-order chi connectivity index (χ0) is 18.1. The first kappa shape index (κ1) is 17.0. The molecule has 0 radical (unpaired) electrons. The number of morpholine rings is 1. The van der Waals surface area contributed by atoms with E-state index in [1.54, 1.807) is 18.5 Å². The predicted molar refractivity (Wildman–Crippen MR) is 93.1 cm³/mol. The van der Waals surface area contributed by atoms with Gasteiger partial charge in [-0.25, -0.2) is 0 Å². The summed E-state index contributed by atoms with van der Waals surface area (Å²) in [5.41, 5.74) is 1.61. The molecule has 0 bridgehead atoms. The third-order valence-corrected chi connectivity index (χ3v) is 5.48. The summed E-state index contributed by atoms with van der Waals surface area (Å²) in [6.07, 6.45) is 4.52. The van der Waals surface area contributed by atoms with E-state index in [1.165, 1.54) is 11.5 Å². The first-order valence-corrected chi connectivity index (χ1v) is 9.30. The zero-order valence-corrected chi connectivity index (χ0v) is 15.1. The van der Waals surface area contributed by atoms with E-state index in [-0.39, 0.29) is 24.5 Å². The van der Waals surface area contributed by atoms with Crippen molar-refractivity contribution in [1.82, 2.24) is 24.8 Å². The highest BCUT2D eigenvalue weighted by atomic mass is 32.1. The molecule has 2 aromatic rings. The molecule has 0 unspecified atom stereocenters. The number of hydrogen-bond donors (Lipinski definition) is 1. The molecule has 2 aliphatic rings. The Hall–Kier alpha value is -2.39. The number of ether oxygens (including phenoxy) is 1. The van der Waals surface area contributed by atoms with E-state index >= 15 is 0 Å². The molecule has 1 saturated carbocycles. The standard InChI is InChI=1S/C17H19N5O3S/c1-10-13(26-21-20-10)8-19-17(24)16-15(11-3-2-6-18-7-11)22(12-4-5-12)14(23)9-25-16/h2-3,6-7,12,15-16H,4-5,8-9H2,1H3,(H,19,24)/t15-,16+/m1/s1.